The molecule has 4 nitrogen and oxygen atoms in total. The van der Waals surface area contributed by atoms with Crippen molar-refractivity contribution in [1.82, 2.24) is 0 Å². The Labute approximate surface area is 97.5 Å². The Balaban J connectivity index is 2.17. The molecule has 0 radical (unpaired) electrons. The lowest BCUT2D eigenvalue weighted by Gasteiger charge is -2.04. The fraction of sp³-hybridized carbons (Fsp3) is 0.0769. The van der Waals surface area contributed by atoms with E-state index >= 15 is 0 Å². The van der Waals surface area contributed by atoms with Gasteiger partial charge in [-0.3, -0.25) is 0 Å². The zero-order chi connectivity index (χ0) is 11.8. The molecule has 2 aromatic carbocycles. The van der Waals surface area contributed by atoms with E-state index in [0.717, 1.165) is 28.7 Å². The molecule has 86 valence electrons. The summed E-state index contributed by atoms with van der Waals surface area (Å²) >= 11 is 0. The van der Waals surface area contributed by atoms with Crippen molar-refractivity contribution in [2.45, 2.75) is 6.42 Å². The van der Waals surface area contributed by atoms with Crippen molar-refractivity contribution >= 4 is 0 Å². The van der Waals surface area contributed by atoms with E-state index in [1.54, 1.807) is 24.3 Å². The van der Waals surface area contributed by atoms with Crippen LogP contribution in [0.3, 0.4) is 0 Å². The molecule has 17 heavy (non-hydrogen) atoms. The van der Waals surface area contributed by atoms with Gasteiger partial charge in [-0.05, 0) is 52.9 Å². The van der Waals surface area contributed by atoms with Gasteiger partial charge in [-0.15, -0.1) is 0 Å². The van der Waals surface area contributed by atoms with E-state index in [2.05, 4.69) is 9.78 Å². The summed E-state index contributed by atoms with van der Waals surface area (Å²) in [6.45, 7) is 0. The second-order valence-corrected chi connectivity index (χ2v) is 4.00. The first-order chi connectivity index (χ1) is 8.31. The minimum atomic E-state index is 0.395. The van der Waals surface area contributed by atoms with Crippen LogP contribution in [0.25, 0.3) is 11.1 Å². The zero-order valence-electron chi connectivity index (χ0n) is 8.88. The molecular weight excluding hydrogens is 220 g/mol. The molecular formula is C13H10O4. The molecule has 0 heterocycles. The molecule has 2 N–H and O–H groups in total. The van der Waals surface area contributed by atoms with Crippen molar-refractivity contribution in [2.24, 2.45) is 0 Å². The SMILES string of the molecule is OOc1ccc2c(c1)-c1cc(OO)ccc1C2. The van der Waals surface area contributed by atoms with Gasteiger partial charge in [0.2, 0.25) is 0 Å². The van der Waals surface area contributed by atoms with Gasteiger partial charge < -0.3 is 9.78 Å². The highest BCUT2D eigenvalue weighted by molar-refractivity contribution is 5.78. The van der Waals surface area contributed by atoms with Crippen LogP contribution >= 0.6 is 0 Å². The Morgan fingerprint density at radius 3 is 1.65 bits per heavy atom. The van der Waals surface area contributed by atoms with Crippen LogP contribution in [-0.2, 0) is 6.42 Å². The number of benzene rings is 2. The second-order valence-electron chi connectivity index (χ2n) is 4.00. The van der Waals surface area contributed by atoms with E-state index < -0.39 is 0 Å². The van der Waals surface area contributed by atoms with Crippen LogP contribution in [0.1, 0.15) is 11.1 Å². The third kappa shape index (κ3) is 1.54. The van der Waals surface area contributed by atoms with Crippen molar-refractivity contribution in [3.05, 3.63) is 47.5 Å². The van der Waals surface area contributed by atoms with E-state index in [9.17, 15) is 0 Å². The Bertz CT molecular complexity index is 526. The first-order valence-electron chi connectivity index (χ1n) is 5.21. The standard InChI is InChI=1S/C13H10O4/c14-16-10-3-1-8-5-9-2-4-11(17-15)7-13(9)12(8)6-10/h1-4,6-7,14-15H,5H2. The van der Waals surface area contributed by atoms with Crippen LogP contribution in [-0.4, -0.2) is 10.5 Å². The molecule has 0 spiro atoms. The second kappa shape index (κ2) is 3.76. The quantitative estimate of drug-likeness (QED) is 0.525. The largest absolute Gasteiger partial charge is 0.340 e. The van der Waals surface area contributed by atoms with Gasteiger partial charge in [-0.2, -0.15) is 0 Å². The molecule has 0 saturated heterocycles. The first kappa shape index (κ1) is 10.1. The summed E-state index contributed by atoms with van der Waals surface area (Å²) in [7, 11) is 0. The lowest BCUT2D eigenvalue weighted by molar-refractivity contribution is -0.137. The average molecular weight is 230 g/mol. The Kier molecular flexibility index (Phi) is 2.24. The maximum absolute atomic E-state index is 8.65. The van der Waals surface area contributed by atoms with Crippen LogP contribution in [0.4, 0.5) is 0 Å². The third-order valence-electron chi connectivity index (χ3n) is 3.04. The summed E-state index contributed by atoms with van der Waals surface area (Å²) in [5.74, 6) is 0.791. The van der Waals surface area contributed by atoms with Gasteiger partial charge in [0.1, 0.15) is 0 Å². The molecule has 0 fully saturated rings. The van der Waals surface area contributed by atoms with Crippen LogP contribution in [0, 0.1) is 0 Å². The topological polar surface area (TPSA) is 58.9 Å². The molecule has 4 heteroatoms. The van der Waals surface area contributed by atoms with Gasteiger partial charge in [0.25, 0.3) is 0 Å². The minimum absolute atomic E-state index is 0.395. The molecule has 1 aliphatic carbocycles. The van der Waals surface area contributed by atoms with Gasteiger partial charge in [-0.25, -0.2) is 10.5 Å². The van der Waals surface area contributed by atoms with Gasteiger partial charge in [0.05, 0.1) is 0 Å². The van der Waals surface area contributed by atoms with E-state index in [1.165, 1.54) is 0 Å². The van der Waals surface area contributed by atoms with E-state index in [0.29, 0.717) is 11.5 Å². The van der Waals surface area contributed by atoms with E-state index in [1.807, 2.05) is 12.1 Å². The third-order valence-corrected chi connectivity index (χ3v) is 3.04. The van der Waals surface area contributed by atoms with Crippen molar-refractivity contribution in [1.29, 1.82) is 0 Å². The first-order valence-corrected chi connectivity index (χ1v) is 5.21. The van der Waals surface area contributed by atoms with Crippen molar-refractivity contribution in [3.8, 4) is 22.6 Å². The molecule has 0 amide bonds. The molecule has 0 aromatic heterocycles. The molecule has 0 saturated carbocycles. The normalized spacial score (nSPS) is 11.9. The number of fused-ring (bicyclic) bond motifs is 3. The molecule has 0 unspecified atom stereocenters. The summed E-state index contributed by atoms with van der Waals surface area (Å²) in [6.07, 6.45) is 0.835. The highest BCUT2D eigenvalue weighted by Crippen LogP contribution is 2.40. The molecule has 1 aliphatic rings. The van der Waals surface area contributed by atoms with Gasteiger partial charge in [0, 0.05) is 0 Å². The smallest absolute Gasteiger partial charge is 0.165 e. The lowest BCUT2D eigenvalue weighted by Crippen LogP contribution is -1.86. The molecule has 0 aliphatic heterocycles. The summed E-state index contributed by atoms with van der Waals surface area (Å²) in [6, 6.07) is 10.8. The molecule has 0 atom stereocenters. The zero-order valence-corrected chi connectivity index (χ0v) is 8.88. The monoisotopic (exact) mass is 230 g/mol. The van der Waals surface area contributed by atoms with Gasteiger partial charge >= 0.3 is 0 Å². The summed E-state index contributed by atoms with van der Waals surface area (Å²) in [4.78, 5) is 8.46. The van der Waals surface area contributed by atoms with Crippen LogP contribution < -0.4 is 9.78 Å². The summed E-state index contributed by atoms with van der Waals surface area (Å²) < 4.78 is 0. The van der Waals surface area contributed by atoms with Crippen LogP contribution in [0.5, 0.6) is 11.5 Å². The number of hydrogen-bond donors (Lipinski definition) is 2. The number of hydrogen-bond acceptors (Lipinski definition) is 4. The van der Waals surface area contributed by atoms with Crippen LogP contribution in [0.2, 0.25) is 0 Å². The molecule has 3 rings (SSSR count). The fourth-order valence-corrected chi connectivity index (χ4v) is 2.24. The highest BCUT2D eigenvalue weighted by Gasteiger charge is 2.19. The van der Waals surface area contributed by atoms with Gasteiger partial charge in [0.15, 0.2) is 11.5 Å². The minimum Gasteiger partial charge on any atom is -0.340 e. The Morgan fingerprint density at radius 1 is 0.765 bits per heavy atom. The van der Waals surface area contributed by atoms with Crippen molar-refractivity contribution < 1.29 is 20.3 Å². The van der Waals surface area contributed by atoms with Crippen LogP contribution in [0.15, 0.2) is 36.4 Å². The maximum atomic E-state index is 8.65. The summed E-state index contributed by atoms with van der Waals surface area (Å²) in [5, 5.41) is 17.3. The number of rotatable bonds is 2. The maximum Gasteiger partial charge on any atom is 0.165 e. The Morgan fingerprint density at radius 2 is 1.24 bits per heavy atom. The predicted octanol–water partition coefficient (Wildman–Crippen LogP) is 2.96. The van der Waals surface area contributed by atoms with E-state index in [4.69, 9.17) is 10.5 Å². The average Bonchev–Trinajstić information content (AvgIpc) is 2.75. The predicted molar refractivity (Wildman–Crippen MR) is 61.2 cm³/mol. The highest BCUT2D eigenvalue weighted by atomic mass is 17.1. The van der Waals surface area contributed by atoms with Crippen molar-refractivity contribution in [2.75, 3.05) is 0 Å². The molecule has 0 bridgehead atoms. The lowest BCUT2D eigenvalue weighted by atomic mass is 10.1. The van der Waals surface area contributed by atoms with Crippen molar-refractivity contribution in [3.63, 3.8) is 0 Å². The van der Waals surface area contributed by atoms with E-state index in [-0.39, 0.29) is 0 Å². The summed E-state index contributed by atoms with van der Waals surface area (Å²) in [5.41, 5.74) is 4.31. The van der Waals surface area contributed by atoms with Gasteiger partial charge in [-0.1, -0.05) is 12.1 Å². The molecule has 2 aromatic rings. The fourth-order valence-electron chi connectivity index (χ4n) is 2.24. The Hall–Kier alpha value is -2.04.